The number of anilines is 1. The standard InChI is InChI=1S/C10H15FN2O3S/c1-7-9(11)5-8(12)6-10(7)17(15,16)13-3-2-4-14/h5-6,13-14H,2-4,12H2,1H3. The first-order chi connectivity index (χ1) is 7.88. The van der Waals surface area contributed by atoms with Crippen molar-refractivity contribution in [2.24, 2.45) is 0 Å². The second-order valence-electron chi connectivity index (χ2n) is 3.60. The Morgan fingerprint density at radius 1 is 1.47 bits per heavy atom. The average Bonchev–Trinajstić information content (AvgIpc) is 2.23. The topological polar surface area (TPSA) is 92.4 Å². The maximum atomic E-state index is 13.3. The van der Waals surface area contributed by atoms with E-state index in [4.69, 9.17) is 10.8 Å². The van der Waals surface area contributed by atoms with Crippen molar-refractivity contribution in [3.63, 3.8) is 0 Å². The molecule has 0 saturated carbocycles. The van der Waals surface area contributed by atoms with E-state index in [1.807, 2.05) is 0 Å². The molecule has 5 nitrogen and oxygen atoms in total. The van der Waals surface area contributed by atoms with Crippen LogP contribution in [0.25, 0.3) is 0 Å². The fraction of sp³-hybridized carbons (Fsp3) is 0.400. The van der Waals surface area contributed by atoms with Gasteiger partial charge in [-0.3, -0.25) is 0 Å². The number of benzene rings is 1. The highest BCUT2D eigenvalue weighted by Crippen LogP contribution is 2.21. The summed E-state index contributed by atoms with van der Waals surface area (Å²) in [6.45, 7) is 1.34. The molecule has 0 amide bonds. The second kappa shape index (κ2) is 5.44. The van der Waals surface area contributed by atoms with Crippen LogP contribution >= 0.6 is 0 Å². The van der Waals surface area contributed by atoms with Gasteiger partial charge in [0, 0.05) is 24.4 Å². The molecule has 0 heterocycles. The zero-order chi connectivity index (χ0) is 13.1. The minimum atomic E-state index is -3.79. The molecule has 0 aliphatic carbocycles. The maximum absolute atomic E-state index is 13.3. The van der Waals surface area contributed by atoms with Gasteiger partial charge in [-0.05, 0) is 25.5 Å². The largest absolute Gasteiger partial charge is 0.399 e. The predicted molar refractivity (Wildman–Crippen MR) is 62.4 cm³/mol. The Morgan fingerprint density at radius 2 is 2.12 bits per heavy atom. The number of rotatable bonds is 5. The van der Waals surface area contributed by atoms with Gasteiger partial charge >= 0.3 is 0 Å². The Morgan fingerprint density at radius 3 is 2.71 bits per heavy atom. The van der Waals surface area contributed by atoms with Gasteiger partial charge in [-0.1, -0.05) is 0 Å². The molecular formula is C10H15FN2O3S. The summed E-state index contributed by atoms with van der Waals surface area (Å²) in [5, 5.41) is 8.56. The lowest BCUT2D eigenvalue weighted by molar-refractivity contribution is 0.289. The molecule has 0 saturated heterocycles. The summed E-state index contributed by atoms with van der Waals surface area (Å²) in [5.74, 6) is -0.660. The van der Waals surface area contributed by atoms with E-state index in [-0.39, 0.29) is 29.3 Å². The third-order valence-corrected chi connectivity index (χ3v) is 3.82. The average molecular weight is 262 g/mol. The van der Waals surface area contributed by atoms with E-state index in [9.17, 15) is 12.8 Å². The first kappa shape index (κ1) is 13.9. The molecule has 17 heavy (non-hydrogen) atoms. The Kier molecular flexibility index (Phi) is 4.44. The van der Waals surface area contributed by atoms with Crippen LogP contribution in [0.4, 0.5) is 10.1 Å². The lowest BCUT2D eigenvalue weighted by Crippen LogP contribution is -2.26. The number of aliphatic hydroxyl groups is 1. The van der Waals surface area contributed by atoms with E-state index >= 15 is 0 Å². The number of aliphatic hydroxyl groups excluding tert-OH is 1. The molecule has 0 fully saturated rings. The highest BCUT2D eigenvalue weighted by atomic mass is 32.2. The van der Waals surface area contributed by atoms with Crippen molar-refractivity contribution in [2.45, 2.75) is 18.2 Å². The van der Waals surface area contributed by atoms with E-state index in [0.29, 0.717) is 6.42 Å². The minimum Gasteiger partial charge on any atom is -0.399 e. The fourth-order valence-corrected chi connectivity index (χ4v) is 2.68. The molecule has 1 aromatic carbocycles. The van der Waals surface area contributed by atoms with Crippen LogP contribution in [-0.4, -0.2) is 26.7 Å². The van der Waals surface area contributed by atoms with Crippen LogP contribution in [0.1, 0.15) is 12.0 Å². The molecule has 4 N–H and O–H groups in total. The van der Waals surface area contributed by atoms with Crippen LogP contribution in [0.15, 0.2) is 17.0 Å². The molecule has 96 valence electrons. The first-order valence-corrected chi connectivity index (χ1v) is 6.53. The number of nitrogen functional groups attached to an aromatic ring is 1. The van der Waals surface area contributed by atoms with Crippen LogP contribution in [0.2, 0.25) is 0 Å². The summed E-state index contributed by atoms with van der Waals surface area (Å²) >= 11 is 0. The van der Waals surface area contributed by atoms with Gasteiger partial charge in [0.25, 0.3) is 0 Å². The molecule has 0 radical (unpaired) electrons. The van der Waals surface area contributed by atoms with Gasteiger partial charge in [-0.2, -0.15) is 0 Å². The summed E-state index contributed by atoms with van der Waals surface area (Å²) < 4.78 is 39.2. The molecule has 7 heteroatoms. The Bertz CT molecular complexity index is 503. The quantitative estimate of drug-likeness (QED) is 0.528. The number of hydrogen-bond donors (Lipinski definition) is 3. The predicted octanol–water partition coefficient (Wildman–Crippen LogP) is 0.377. The number of sulfonamides is 1. The van der Waals surface area contributed by atoms with Crippen LogP contribution in [0, 0.1) is 12.7 Å². The lowest BCUT2D eigenvalue weighted by atomic mass is 10.2. The molecule has 0 aliphatic heterocycles. The minimum absolute atomic E-state index is 0.0238. The van der Waals surface area contributed by atoms with Gasteiger partial charge in [0.2, 0.25) is 10.0 Å². The van der Waals surface area contributed by atoms with Crippen molar-refractivity contribution in [3.8, 4) is 0 Å². The number of halogens is 1. The van der Waals surface area contributed by atoms with Crippen molar-refractivity contribution in [3.05, 3.63) is 23.5 Å². The van der Waals surface area contributed by atoms with Gasteiger partial charge in [0.1, 0.15) is 5.82 Å². The number of hydrogen-bond acceptors (Lipinski definition) is 4. The van der Waals surface area contributed by atoms with Gasteiger partial charge < -0.3 is 10.8 Å². The summed E-state index contributed by atoms with van der Waals surface area (Å²) in [5.41, 5.74) is 5.48. The Labute approximate surface area is 99.5 Å². The molecular weight excluding hydrogens is 247 g/mol. The summed E-state index contributed by atoms with van der Waals surface area (Å²) in [4.78, 5) is -0.173. The molecule has 1 rings (SSSR count). The Balaban J connectivity index is 3.06. The van der Waals surface area contributed by atoms with Gasteiger partial charge in [-0.25, -0.2) is 17.5 Å². The van der Waals surface area contributed by atoms with Crippen molar-refractivity contribution in [1.82, 2.24) is 4.72 Å². The lowest BCUT2D eigenvalue weighted by Gasteiger charge is -2.10. The van der Waals surface area contributed by atoms with E-state index in [2.05, 4.69) is 4.72 Å². The first-order valence-electron chi connectivity index (χ1n) is 5.04. The van der Waals surface area contributed by atoms with Crippen molar-refractivity contribution in [2.75, 3.05) is 18.9 Å². The second-order valence-corrected chi connectivity index (χ2v) is 5.34. The van der Waals surface area contributed by atoms with Crippen LogP contribution in [0.5, 0.6) is 0 Å². The van der Waals surface area contributed by atoms with E-state index in [1.165, 1.54) is 13.0 Å². The van der Waals surface area contributed by atoms with Crippen molar-refractivity contribution >= 4 is 15.7 Å². The molecule has 0 unspecified atom stereocenters. The van der Waals surface area contributed by atoms with E-state index < -0.39 is 15.8 Å². The Hall–Kier alpha value is -1.18. The molecule has 0 bridgehead atoms. The third kappa shape index (κ3) is 3.39. The zero-order valence-electron chi connectivity index (χ0n) is 9.40. The smallest absolute Gasteiger partial charge is 0.241 e. The van der Waals surface area contributed by atoms with Crippen LogP contribution < -0.4 is 10.5 Å². The number of nitrogens with two attached hydrogens (primary N) is 1. The zero-order valence-corrected chi connectivity index (χ0v) is 10.2. The van der Waals surface area contributed by atoms with Crippen LogP contribution in [-0.2, 0) is 10.0 Å². The third-order valence-electron chi connectivity index (χ3n) is 2.24. The van der Waals surface area contributed by atoms with E-state index in [1.54, 1.807) is 0 Å². The molecule has 0 aromatic heterocycles. The molecule has 0 spiro atoms. The maximum Gasteiger partial charge on any atom is 0.241 e. The van der Waals surface area contributed by atoms with E-state index in [0.717, 1.165) is 6.07 Å². The normalized spacial score (nSPS) is 11.7. The van der Waals surface area contributed by atoms with Gasteiger partial charge in [0.15, 0.2) is 0 Å². The highest BCUT2D eigenvalue weighted by molar-refractivity contribution is 7.89. The van der Waals surface area contributed by atoms with Crippen molar-refractivity contribution < 1.29 is 17.9 Å². The molecule has 0 atom stereocenters. The monoisotopic (exact) mass is 262 g/mol. The van der Waals surface area contributed by atoms with Gasteiger partial charge in [0.05, 0.1) is 4.90 Å². The SMILES string of the molecule is Cc1c(F)cc(N)cc1S(=O)(=O)NCCCO. The van der Waals surface area contributed by atoms with Crippen molar-refractivity contribution in [1.29, 1.82) is 0 Å². The molecule has 1 aromatic rings. The fourth-order valence-electron chi connectivity index (χ4n) is 1.32. The van der Waals surface area contributed by atoms with Crippen LogP contribution in [0.3, 0.4) is 0 Å². The highest BCUT2D eigenvalue weighted by Gasteiger charge is 2.19. The number of nitrogens with one attached hydrogen (secondary N) is 1. The molecule has 0 aliphatic rings. The van der Waals surface area contributed by atoms with Gasteiger partial charge in [-0.15, -0.1) is 0 Å². The summed E-state index contributed by atoms with van der Waals surface area (Å²) in [7, 11) is -3.79. The summed E-state index contributed by atoms with van der Waals surface area (Å²) in [6.07, 6.45) is 0.295. The summed E-state index contributed by atoms with van der Waals surface area (Å²) in [6, 6.07) is 2.28.